The second-order valence-electron chi connectivity index (χ2n) is 3.90. The van der Waals surface area contributed by atoms with E-state index in [1.807, 2.05) is 0 Å². The molecule has 1 rings (SSSR count). The summed E-state index contributed by atoms with van der Waals surface area (Å²) in [7, 11) is 0. The number of ether oxygens (including phenoxy) is 1. The van der Waals surface area contributed by atoms with Crippen molar-refractivity contribution >= 4 is 11.6 Å². The monoisotopic (exact) mass is 202 g/mol. The van der Waals surface area contributed by atoms with Crippen molar-refractivity contribution in [3.05, 3.63) is 12.2 Å². The summed E-state index contributed by atoms with van der Waals surface area (Å²) in [5.74, 6) is 1.31. The second-order valence-corrected chi connectivity index (χ2v) is 4.17. The Morgan fingerprint density at radius 3 is 2.62 bits per heavy atom. The largest absolute Gasteiger partial charge is 0.377 e. The first-order valence-corrected chi connectivity index (χ1v) is 5.66. The molecule has 1 aliphatic carbocycles. The number of hydrogen-bond acceptors (Lipinski definition) is 1. The summed E-state index contributed by atoms with van der Waals surface area (Å²) in [6.45, 7) is 5.34. The van der Waals surface area contributed by atoms with E-state index >= 15 is 0 Å². The highest BCUT2D eigenvalue weighted by Gasteiger charge is 2.12. The Morgan fingerprint density at radius 1 is 1.31 bits per heavy atom. The van der Waals surface area contributed by atoms with Crippen LogP contribution in [0.2, 0.25) is 0 Å². The van der Waals surface area contributed by atoms with E-state index in [0.29, 0.717) is 12.5 Å². The maximum atomic E-state index is 5.59. The number of halogens is 1. The van der Waals surface area contributed by atoms with Crippen LogP contribution >= 0.6 is 11.6 Å². The smallest absolute Gasteiger partial charge is 0.0685 e. The Balaban J connectivity index is 2.01. The topological polar surface area (TPSA) is 9.23 Å². The van der Waals surface area contributed by atoms with Crippen LogP contribution in [0.5, 0.6) is 0 Å². The zero-order valence-electron chi connectivity index (χ0n) is 8.23. The van der Waals surface area contributed by atoms with Crippen molar-refractivity contribution in [1.29, 1.82) is 0 Å². The summed E-state index contributed by atoms with van der Waals surface area (Å²) in [5, 5.41) is 0. The molecule has 0 atom stereocenters. The van der Waals surface area contributed by atoms with Crippen LogP contribution in [0.4, 0.5) is 0 Å². The predicted octanol–water partition coefficient (Wildman–Crippen LogP) is 3.38. The van der Waals surface area contributed by atoms with Crippen molar-refractivity contribution in [3.63, 3.8) is 0 Å². The summed E-state index contributed by atoms with van der Waals surface area (Å²) >= 11 is 5.59. The van der Waals surface area contributed by atoms with Gasteiger partial charge in [-0.3, -0.25) is 0 Å². The number of alkyl halides is 1. The third-order valence-corrected chi connectivity index (χ3v) is 2.95. The summed E-state index contributed by atoms with van der Waals surface area (Å²) in [6.07, 6.45) is 6.85. The van der Waals surface area contributed by atoms with Crippen molar-refractivity contribution in [2.45, 2.75) is 32.1 Å². The molecule has 0 bridgehead atoms. The Hall–Kier alpha value is -0.0100. The van der Waals surface area contributed by atoms with E-state index in [1.54, 1.807) is 0 Å². The van der Waals surface area contributed by atoms with Gasteiger partial charge in [0.1, 0.15) is 0 Å². The van der Waals surface area contributed by atoms with Gasteiger partial charge in [-0.05, 0) is 24.3 Å². The van der Waals surface area contributed by atoms with Crippen LogP contribution in [0.15, 0.2) is 12.2 Å². The van der Waals surface area contributed by atoms with Gasteiger partial charge in [-0.15, -0.1) is 11.6 Å². The lowest BCUT2D eigenvalue weighted by Gasteiger charge is -2.21. The summed E-state index contributed by atoms with van der Waals surface area (Å²) in [5.41, 5.74) is 0.984. The standard InChI is InChI=1S/C11H19ClO/c1-10(7-12)8-13-9-11-5-3-2-4-6-11/h11H,1-9H2. The molecule has 0 radical (unpaired) electrons. The van der Waals surface area contributed by atoms with Gasteiger partial charge in [-0.1, -0.05) is 25.8 Å². The average molecular weight is 203 g/mol. The van der Waals surface area contributed by atoms with Crippen molar-refractivity contribution in [2.24, 2.45) is 5.92 Å². The molecule has 1 fully saturated rings. The number of rotatable bonds is 5. The minimum Gasteiger partial charge on any atom is -0.377 e. The van der Waals surface area contributed by atoms with E-state index in [2.05, 4.69) is 6.58 Å². The molecule has 0 amide bonds. The third kappa shape index (κ3) is 4.68. The molecule has 13 heavy (non-hydrogen) atoms. The van der Waals surface area contributed by atoms with E-state index in [-0.39, 0.29) is 0 Å². The van der Waals surface area contributed by atoms with Gasteiger partial charge >= 0.3 is 0 Å². The third-order valence-electron chi connectivity index (χ3n) is 2.57. The van der Waals surface area contributed by atoms with Gasteiger partial charge < -0.3 is 4.74 Å². The lowest BCUT2D eigenvalue weighted by molar-refractivity contribution is 0.102. The molecule has 1 aliphatic rings. The van der Waals surface area contributed by atoms with Crippen LogP contribution < -0.4 is 0 Å². The highest BCUT2D eigenvalue weighted by molar-refractivity contribution is 6.19. The SMILES string of the molecule is C=C(CCl)COCC1CCCCC1. The summed E-state index contributed by atoms with van der Waals surface area (Å²) in [6, 6.07) is 0. The summed E-state index contributed by atoms with van der Waals surface area (Å²) < 4.78 is 5.54. The zero-order valence-corrected chi connectivity index (χ0v) is 8.98. The fourth-order valence-electron chi connectivity index (χ4n) is 1.76. The molecule has 76 valence electrons. The second kappa shape index (κ2) is 6.44. The Labute approximate surface area is 86.1 Å². The molecule has 0 aliphatic heterocycles. The van der Waals surface area contributed by atoms with Crippen LogP contribution in [0.3, 0.4) is 0 Å². The Kier molecular flexibility index (Phi) is 5.49. The van der Waals surface area contributed by atoms with Gasteiger partial charge in [0.15, 0.2) is 0 Å². The molecule has 0 unspecified atom stereocenters. The fraction of sp³-hybridized carbons (Fsp3) is 0.818. The van der Waals surface area contributed by atoms with E-state index < -0.39 is 0 Å². The number of hydrogen-bond donors (Lipinski definition) is 0. The quantitative estimate of drug-likeness (QED) is 0.491. The van der Waals surface area contributed by atoms with Crippen LogP contribution in [0.25, 0.3) is 0 Å². The molecule has 1 nitrogen and oxygen atoms in total. The molecule has 0 N–H and O–H groups in total. The van der Waals surface area contributed by atoms with Crippen LogP contribution in [0.1, 0.15) is 32.1 Å². The van der Waals surface area contributed by atoms with Gasteiger partial charge in [0, 0.05) is 12.5 Å². The van der Waals surface area contributed by atoms with E-state index in [1.165, 1.54) is 32.1 Å². The normalized spacial score (nSPS) is 18.8. The van der Waals surface area contributed by atoms with Gasteiger partial charge in [-0.2, -0.15) is 0 Å². The van der Waals surface area contributed by atoms with Crippen molar-refractivity contribution in [1.82, 2.24) is 0 Å². The van der Waals surface area contributed by atoms with Crippen LogP contribution in [0, 0.1) is 5.92 Å². The molecule has 2 heteroatoms. The lowest BCUT2D eigenvalue weighted by atomic mass is 9.90. The lowest BCUT2D eigenvalue weighted by Crippen LogP contribution is -2.14. The van der Waals surface area contributed by atoms with E-state index in [0.717, 1.165) is 18.1 Å². The molecule has 0 spiro atoms. The molecular weight excluding hydrogens is 184 g/mol. The van der Waals surface area contributed by atoms with Crippen LogP contribution in [-0.2, 0) is 4.74 Å². The van der Waals surface area contributed by atoms with Crippen molar-refractivity contribution < 1.29 is 4.74 Å². The first-order valence-electron chi connectivity index (χ1n) is 5.13. The average Bonchev–Trinajstić information content (AvgIpc) is 2.19. The van der Waals surface area contributed by atoms with Crippen molar-refractivity contribution in [2.75, 3.05) is 19.1 Å². The van der Waals surface area contributed by atoms with Gasteiger partial charge in [0.2, 0.25) is 0 Å². The molecule has 0 aromatic carbocycles. The molecule has 1 saturated carbocycles. The Morgan fingerprint density at radius 2 is 2.00 bits per heavy atom. The minimum atomic E-state index is 0.519. The fourth-order valence-corrected chi connectivity index (χ4v) is 1.84. The van der Waals surface area contributed by atoms with Gasteiger partial charge in [0.25, 0.3) is 0 Å². The predicted molar refractivity (Wildman–Crippen MR) is 57.3 cm³/mol. The molecular formula is C11H19ClO. The molecule has 0 heterocycles. The zero-order chi connectivity index (χ0) is 9.52. The highest BCUT2D eigenvalue weighted by atomic mass is 35.5. The molecule has 0 aromatic heterocycles. The Bertz CT molecular complexity index is 150. The maximum Gasteiger partial charge on any atom is 0.0685 e. The molecule has 0 saturated heterocycles. The first-order chi connectivity index (χ1) is 6.33. The first kappa shape index (κ1) is 11.1. The van der Waals surface area contributed by atoms with Crippen LogP contribution in [-0.4, -0.2) is 19.1 Å². The minimum absolute atomic E-state index is 0.519. The molecule has 0 aromatic rings. The summed E-state index contributed by atoms with van der Waals surface area (Å²) in [4.78, 5) is 0. The van der Waals surface area contributed by atoms with E-state index in [4.69, 9.17) is 16.3 Å². The van der Waals surface area contributed by atoms with Gasteiger partial charge in [-0.25, -0.2) is 0 Å². The van der Waals surface area contributed by atoms with Crippen molar-refractivity contribution in [3.8, 4) is 0 Å². The van der Waals surface area contributed by atoms with Gasteiger partial charge in [0.05, 0.1) is 6.61 Å². The highest BCUT2D eigenvalue weighted by Crippen LogP contribution is 2.23. The van der Waals surface area contributed by atoms with E-state index in [9.17, 15) is 0 Å². The maximum absolute atomic E-state index is 5.59.